The van der Waals surface area contributed by atoms with Crippen molar-refractivity contribution in [3.8, 4) is 0 Å². The molecule has 124 valence electrons. The van der Waals surface area contributed by atoms with Gasteiger partial charge in [-0.1, -0.05) is 46.0 Å². The minimum absolute atomic E-state index is 0.282. The molecule has 0 radical (unpaired) electrons. The molecule has 1 N–H and O–H groups in total. The molecule has 0 aromatic rings. The molecule has 2 aliphatic rings. The van der Waals surface area contributed by atoms with Crippen molar-refractivity contribution in [1.29, 1.82) is 0 Å². The summed E-state index contributed by atoms with van der Waals surface area (Å²) in [5.74, 6) is 3.00. The summed E-state index contributed by atoms with van der Waals surface area (Å²) in [5, 5.41) is 9.55. The molecule has 1 nitrogen and oxygen atoms in total. The third-order valence-electron chi connectivity index (χ3n) is 6.24. The first-order chi connectivity index (χ1) is 9.95. The molecule has 0 aromatic carbocycles. The van der Waals surface area contributed by atoms with Crippen molar-refractivity contribution in [3.05, 3.63) is 0 Å². The van der Waals surface area contributed by atoms with E-state index in [1.54, 1.807) is 0 Å². The van der Waals surface area contributed by atoms with Crippen LogP contribution in [0.5, 0.6) is 0 Å². The second kappa shape index (κ2) is 7.94. The number of halogens is 1. The Labute approximate surface area is 130 Å². The third-order valence-corrected chi connectivity index (χ3v) is 6.24. The maximum absolute atomic E-state index is 14.5. The summed E-state index contributed by atoms with van der Waals surface area (Å²) in [6.07, 6.45) is 9.38. The van der Waals surface area contributed by atoms with Gasteiger partial charge in [0.15, 0.2) is 0 Å². The monoisotopic (exact) mass is 298 g/mol. The zero-order chi connectivity index (χ0) is 15.4. The molecule has 2 fully saturated rings. The van der Waals surface area contributed by atoms with E-state index in [4.69, 9.17) is 0 Å². The lowest BCUT2D eigenvalue weighted by Crippen LogP contribution is -2.33. The van der Waals surface area contributed by atoms with Crippen LogP contribution in [0, 0.1) is 29.6 Å². The fourth-order valence-electron chi connectivity index (χ4n) is 4.66. The van der Waals surface area contributed by atoms with Crippen molar-refractivity contribution in [3.63, 3.8) is 0 Å². The van der Waals surface area contributed by atoms with Crippen molar-refractivity contribution in [2.24, 2.45) is 29.6 Å². The Morgan fingerprint density at radius 2 is 1.67 bits per heavy atom. The van der Waals surface area contributed by atoms with Gasteiger partial charge in [-0.25, -0.2) is 4.39 Å². The number of aliphatic hydroxyl groups excluding tert-OH is 1. The predicted molar refractivity (Wildman–Crippen MR) is 86.9 cm³/mol. The molecule has 0 heterocycles. The highest BCUT2D eigenvalue weighted by Crippen LogP contribution is 2.41. The van der Waals surface area contributed by atoms with Gasteiger partial charge in [0.2, 0.25) is 0 Å². The smallest absolute Gasteiger partial charge is 0.103 e. The molecule has 0 saturated heterocycles. The van der Waals surface area contributed by atoms with Gasteiger partial charge in [0.25, 0.3) is 0 Å². The van der Waals surface area contributed by atoms with Gasteiger partial charge in [-0.2, -0.15) is 0 Å². The predicted octanol–water partition coefficient (Wildman–Crippen LogP) is 5.36. The lowest BCUT2D eigenvalue weighted by molar-refractivity contribution is 0.0462. The van der Waals surface area contributed by atoms with Crippen LogP contribution in [-0.4, -0.2) is 17.4 Å². The Balaban J connectivity index is 1.74. The van der Waals surface area contributed by atoms with E-state index in [1.165, 1.54) is 32.1 Å². The number of rotatable bonds is 5. The summed E-state index contributed by atoms with van der Waals surface area (Å²) in [6.45, 7) is 6.45. The summed E-state index contributed by atoms with van der Waals surface area (Å²) >= 11 is 0. The third kappa shape index (κ3) is 5.23. The standard InChI is InChI=1S/C19H35FO/c1-13-4-6-16(7-5-13)8-9-17-10-14(2)18(11-15(3)21)12-19(17)20/h13-19,21H,4-12H2,1-3H3. The van der Waals surface area contributed by atoms with Crippen LogP contribution in [0.25, 0.3) is 0 Å². The van der Waals surface area contributed by atoms with E-state index >= 15 is 0 Å². The van der Waals surface area contributed by atoms with E-state index in [0.717, 1.165) is 31.1 Å². The van der Waals surface area contributed by atoms with Gasteiger partial charge >= 0.3 is 0 Å². The molecular weight excluding hydrogens is 263 g/mol. The molecule has 0 spiro atoms. The lowest BCUT2D eigenvalue weighted by Gasteiger charge is -2.38. The van der Waals surface area contributed by atoms with Crippen molar-refractivity contribution < 1.29 is 9.50 Å². The molecule has 2 heteroatoms. The number of hydrogen-bond acceptors (Lipinski definition) is 1. The summed E-state index contributed by atoms with van der Waals surface area (Å²) in [5.41, 5.74) is 0. The van der Waals surface area contributed by atoms with Gasteiger partial charge in [0.05, 0.1) is 6.10 Å². The van der Waals surface area contributed by atoms with Crippen molar-refractivity contribution in [2.75, 3.05) is 0 Å². The largest absolute Gasteiger partial charge is 0.393 e. The molecular formula is C19H35FO. The fourth-order valence-corrected chi connectivity index (χ4v) is 4.66. The first-order valence-corrected chi connectivity index (χ1v) is 9.27. The summed E-state index contributed by atoms with van der Waals surface area (Å²) < 4.78 is 14.5. The van der Waals surface area contributed by atoms with Crippen molar-refractivity contribution >= 4 is 0 Å². The molecule has 5 unspecified atom stereocenters. The summed E-state index contributed by atoms with van der Waals surface area (Å²) in [7, 11) is 0. The van der Waals surface area contributed by atoms with Crippen molar-refractivity contribution in [2.45, 2.75) is 90.8 Å². The average molecular weight is 298 g/mol. The minimum atomic E-state index is -0.632. The molecule has 0 aliphatic heterocycles. The van der Waals surface area contributed by atoms with Gasteiger partial charge in [-0.3, -0.25) is 0 Å². The van der Waals surface area contributed by atoms with Gasteiger partial charge in [-0.05, 0) is 62.2 Å². The molecule has 2 aliphatic carbocycles. The molecule has 5 atom stereocenters. The van der Waals surface area contributed by atoms with Crippen LogP contribution >= 0.6 is 0 Å². The van der Waals surface area contributed by atoms with Crippen LogP contribution in [0.2, 0.25) is 0 Å². The average Bonchev–Trinajstić information content (AvgIpc) is 2.42. The van der Waals surface area contributed by atoms with E-state index < -0.39 is 6.17 Å². The zero-order valence-corrected chi connectivity index (χ0v) is 14.2. The van der Waals surface area contributed by atoms with Crippen LogP contribution in [0.3, 0.4) is 0 Å². The first kappa shape index (κ1) is 17.2. The topological polar surface area (TPSA) is 20.2 Å². The minimum Gasteiger partial charge on any atom is -0.393 e. The molecule has 2 saturated carbocycles. The van der Waals surface area contributed by atoms with Crippen LogP contribution in [-0.2, 0) is 0 Å². The van der Waals surface area contributed by atoms with Gasteiger partial charge in [0, 0.05) is 0 Å². The van der Waals surface area contributed by atoms with Gasteiger partial charge in [0.1, 0.15) is 6.17 Å². The number of aliphatic hydroxyl groups is 1. The van der Waals surface area contributed by atoms with E-state index in [1.807, 2.05) is 6.92 Å². The Hall–Kier alpha value is -0.110. The Bertz CT molecular complexity index is 296. The van der Waals surface area contributed by atoms with Crippen LogP contribution in [0.15, 0.2) is 0 Å². The SMILES string of the molecule is CC(O)CC1CC(F)C(CCC2CCC(C)CC2)CC1C. The maximum Gasteiger partial charge on any atom is 0.103 e. The molecule has 0 aromatic heterocycles. The highest BCUT2D eigenvalue weighted by atomic mass is 19.1. The maximum atomic E-state index is 14.5. The van der Waals surface area contributed by atoms with E-state index in [0.29, 0.717) is 18.3 Å². The second-order valence-corrected chi connectivity index (χ2v) is 8.27. The summed E-state index contributed by atoms with van der Waals surface area (Å²) in [6, 6.07) is 0. The highest BCUT2D eigenvalue weighted by Gasteiger charge is 2.35. The van der Waals surface area contributed by atoms with Crippen LogP contribution in [0.1, 0.15) is 78.6 Å². The van der Waals surface area contributed by atoms with E-state index in [9.17, 15) is 9.50 Å². The van der Waals surface area contributed by atoms with Gasteiger partial charge < -0.3 is 5.11 Å². The number of hydrogen-bond donors (Lipinski definition) is 1. The molecule has 2 rings (SSSR count). The molecule has 0 bridgehead atoms. The normalized spacial score (nSPS) is 42.7. The highest BCUT2D eigenvalue weighted by molar-refractivity contribution is 4.85. The lowest BCUT2D eigenvalue weighted by atomic mass is 9.69. The van der Waals surface area contributed by atoms with Gasteiger partial charge in [-0.15, -0.1) is 0 Å². The second-order valence-electron chi connectivity index (χ2n) is 8.27. The fraction of sp³-hybridized carbons (Fsp3) is 1.00. The zero-order valence-electron chi connectivity index (χ0n) is 14.2. The Kier molecular flexibility index (Phi) is 6.52. The Morgan fingerprint density at radius 3 is 2.29 bits per heavy atom. The van der Waals surface area contributed by atoms with Crippen molar-refractivity contribution in [1.82, 2.24) is 0 Å². The first-order valence-electron chi connectivity index (χ1n) is 9.27. The Morgan fingerprint density at radius 1 is 1.00 bits per heavy atom. The quantitative estimate of drug-likeness (QED) is 0.724. The van der Waals surface area contributed by atoms with E-state index in [2.05, 4.69) is 13.8 Å². The van der Waals surface area contributed by atoms with Crippen LogP contribution < -0.4 is 0 Å². The van der Waals surface area contributed by atoms with Crippen LogP contribution in [0.4, 0.5) is 4.39 Å². The number of alkyl halides is 1. The molecule has 21 heavy (non-hydrogen) atoms. The molecule has 0 amide bonds. The van der Waals surface area contributed by atoms with E-state index in [-0.39, 0.29) is 12.0 Å². The summed E-state index contributed by atoms with van der Waals surface area (Å²) in [4.78, 5) is 0.